The van der Waals surface area contributed by atoms with Gasteiger partial charge >= 0.3 is 5.97 Å². The molecule has 0 radical (unpaired) electrons. The average Bonchev–Trinajstić information content (AvgIpc) is 2.50. The molecule has 7 heteroatoms. The van der Waals surface area contributed by atoms with Gasteiger partial charge < -0.3 is 14.2 Å². The van der Waals surface area contributed by atoms with Crippen LogP contribution in [-0.4, -0.2) is 30.8 Å². The summed E-state index contributed by atoms with van der Waals surface area (Å²) in [6.07, 6.45) is 0.584. The highest BCUT2D eigenvalue weighted by molar-refractivity contribution is 6.37. The molecule has 1 rings (SSSR count). The SMILES string of the molecule is CC.CCOC(=O)c1ncc(Cl)c(C(OCC)OCC)c1Cl. The Kier molecular flexibility index (Phi) is 11.2. The Balaban J connectivity index is 0.00000211. The highest BCUT2D eigenvalue weighted by atomic mass is 35.5. The maximum Gasteiger partial charge on any atom is 0.358 e. The molecule has 22 heavy (non-hydrogen) atoms. The number of hydrogen-bond acceptors (Lipinski definition) is 5. The van der Waals surface area contributed by atoms with Crippen LogP contribution in [0.4, 0.5) is 0 Å². The van der Waals surface area contributed by atoms with Crippen LogP contribution in [0.25, 0.3) is 0 Å². The zero-order valence-corrected chi connectivity index (χ0v) is 15.1. The molecule has 0 spiro atoms. The van der Waals surface area contributed by atoms with Crippen molar-refractivity contribution < 1.29 is 19.0 Å². The van der Waals surface area contributed by atoms with Gasteiger partial charge in [0.25, 0.3) is 0 Å². The van der Waals surface area contributed by atoms with Gasteiger partial charge in [0.2, 0.25) is 0 Å². The van der Waals surface area contributed by atoms with E-state index >= 15 is 0 Å². The first-order valence-electron chi connectivity index (χ1n) is 7.30. The van der Waals surface area contributed by atoms with E-state index in [1.165, 1.54) is 6.20 Å². The molecule has 126 valence electrons. The average molecular weight is 352 g/mol. The number of carbonyl (C=O) groups is 1. The fourth-order valence-electron chi connectivity index (χ4n) is 1.56. The van der Waals surface area contributed by atoms with Crippen LogP contribution >= 0.6 is 23.2 Å². The third-order valence-corrected chi connectivity index (χ3v) is 3.03. The van der Waals surface area contributed by atoms with Crippen molar-refractivity contribution in [1.82, 2.24) is 4.98 Å². The van der Waals surface area contributed by atoms with Gasteiger partial charge in [-0.25, -0.2) is 9.78 Å². The topological polar surface area (TPSA) is 57.7 Å². The lowest BCUT2D eigenvalue weighted by Crippen LogP contribution is -2.14. The summed E-state index contributed by atoms with van der Waals surface area (Å²) in [5.74, 6) is -0.609. The number of halogens is 2. The first kappa shape index (κ1) is 21.1. The van der Waals surface area contributed by atoms with Gasteiger partial charge in [-0.2, -0.15) is 0 Å². The molecule has 0 amide bonds. The fourth-order valence-corrected chi connectivity index (χ4v) is 2.15. The molecule has 0 atom stereocenters. The van der Waals surface area contributed by atoms with Gasteiger partial charge in [0, 0.05) is 25.0 Å². The lowest BCUT2D eigenvalue weighted by Gasteiger charge is -2.20. The summed E-state index contributed by atoms with van der Waals surface area (Å²) in [6, 6.07) is 0. The van der Waals surface area contributed by atoms with Crippen LogP contribution in [0, 0.1) is 0 Å². The number of rotatable bonds is 7. The molecular weight excluding hydrogens is 329 g/mol. The quantitative estimate of drug-likeness (QED) is 0.527. The zero-order valence-electron chi connectivity index (χ0n) is 13.6. The maximum absolute atomic E-state index is 11.8. The van der Waals surface area contributed by atoms with Crippen LogP contribution in [0.5, 0.6) is 0 Å². The van der Waals surface area contributed by atoms with Crippen molar-refractivity contribution >= 4 is 29.2 Å². The smallest absolute Gasteiger partial charge is 0.358 e. The van der Waals surface area contributed by atoms with Gasteiger partial charge in [-0.15, -0.1) is 0 Å². The highest BCUT2D eigenvalue weighted by Crippen LogP contribution is 2.34. The van der Waals surface area contributed by atoms with Gasteiger partial charge in [0.15, 0.2) is 12.0 Å². The van der Waals surface area contributed by atoms with E-state index in [0.717, 1.165) is 0 Å². The van der Waals surface area contributed by atoms with Crippen LogP contribution in [0.2, 0.25) is 10.0 Å². The molecule has 0 bridgehead atoms. The summed E-state index contributed by atoms with van der Waals surface area (Å²) in [4.78, 5) is 15.7. The molecule has 0 N–H and O–H groups in total. The van der Waals surface area contributed by atoms with Crippen LogP contribution in [0.1, 0.15) is 57.0 Å². The van der Waals surface area contributed by atoms with E-state index in [1.54, 1.807) is 6.92 Å². The predicted octanol–water partition coefficient (Wildman–Crippen LogP) is 4.66. The second kappa shape index (κ2) is 11.7. The Bertz CT molecular complexity index is 463. The number of pyridine rings is 1. The van der Waals surface area contributed by atoms with Crippen LogP contribution in [0.15, 0.2) is 6.20 Å². The molecule has 1 aromatic rings. The Morgan fingerprint density at radius 3 is 2.14 bits per heavy atom. The van der Waals surface area contributed by atoms with E-state index in [9.17, 15) is 4.79 Å². The Labute approximate surface area is 141 Å². The summed E-state index contributed by atoms with van der Waals surface area (Å²) in [5.41, 5.74) is 0.382. The number of hydrogen-bond donors (Lipinski definition) is 0. The molecule has 1 aromatic heterocycles. The van der Waals surface area contributed by atoms with E-state index < -0.39 is 12.3 Å². The second-order valence-corrected chi connectivity index (χ2v) is 4.43. The predicted molar refractivity (Wildman–Crippen MR) is 87.6 cm³/mol. The molecule has 5 nitrogen and oxygen atoms in total. The van der Waals surface area contributed by atoms with E-state index in [0.29, 0.717) is 18.8 Å². The number of esters is 1. The van der Waals surface area contributed by atoms with Crippen molar-refractivity contribution in [2.24, 2.45) is 0 Å². The van der Waals surface area contributed by atoms with Crippen molar-refractivity contribution in [2.45, 2.75) is 40.9 Å². The van der Waals surface area contributed by atoms with Gasteiger partial charge in [-0.1, -0.05) is 37.0 Å². The molecule has 0 aromatic carbocycles. The van der Waals surface area contributed by atoms with Crippen molar-refractivity contribution in [2.75, 3.05) is 19.8 Å². The lowest BCUT2D eigenvalue weighted by molar-refractivity contribution is -0.140. The van der Waals surface area contributed by atoms with Crippen molar-refractivity contribution in [3.63, 3.8) is 0 Å². The number of carbonyl (C=O) groups excluding carboxylic acids is 1. The first-order valence-corrected chi connectivity index (χ1v) is 8.06. The van der Waals surface area contributed by atoms with E-state index in [1.807, 2.05) is 27.7 Å². The molecule has 0 aliphatic carbocycles. The monoisotopic (exact) mass is 351 g/mol. The van der Waals surface area contributed by atoms with Crippen molar-refractivity contribution in [3.8, 4) is 0 Å². The highest BCUT2D eigenvalue weighted by Gasteiger charge is 2.25. The van der Waals surface area contributed by atoms with E-state index in [-0.39, 0.29) is 22.3 Å². The number of nitrogens with zero attached hydrogens (tertiary/aromatic N) is 1. The first-order chi connectivity index (χ1) is 10.6. The van der Waals surface area contributed by atoms with Crippen LogP contribution in [-0.2, 0) is 14.2 Å². The number of aromatic nitrogens is 1. The zero-order chi connectivity index (χ0) is 17.1. The van der Waals surface area contributed by atoms with E-state index in [2.05, 4.69) is 4.98 Å². The van der Waals surface area contributed by atoms with E-state index in [4.69, 9.17) is 37.4 Å². The van der Waals surface area contributed by atoms with Crippen molar-refractivity contribution in [1.29, 1.82) is 0 Å². The Hall–Kier alpha value is -0.880. The van der Waals surface area contributed by atoms with Gasteiger partial charge in [0.05, 0.1) is 16.7 Å². The molecule has 0 saturated carbocycles. The van der Waals surface area contributed by atoms with Crippen molar-refractivity contribution in [3.05, 3.63) is 27.5 Å². The van der Waals surface area contributed by atoms with Gasteiger partial charge in [-0.05, 0) is 20.8 Å². The minimum absolute atomic E-state index is 0.00248. The molecule has 0 aliphatic rings. The molecule has 1 heterocycles. The standard InChI is InChI=1S/C13H17Cl2NO4.C2H6/c1-4-18-12(17)11-10(15)9(8(14)7-16-11)13(19-5-2)20-6-3;1-2/h7,13H,4-6H2,1-3H3;1-2H3. The minimum Gasteiger partial charge on any atom is -0.461 e. The van der Waals surface area contributed by atoms with Crippen LogP contribution < -0.4 is 0 Å². The van der Waals surface area contributed by atoms with Gasteiger partial charge in [-0.3, -0.25) is 0 Å². The fraction of sp³-hybridized carbons (Fsp3) is 0.600. The maximum atomic E-state index is 11.8. The summed E-state index contributed by atoms with van der Waals surface area (Å²) in [6.45, 7) is 10.4. The molecule has 0 fully saturated rings. The second-order valence-electron chi connectivity index (χ2n) is 3.65. The summed E-state index contributed by atoms with van der Waals surface area (Å²) in [5, 5.41) is 0.359. The third-order valence-electron chi connectivity index (χ3n) is 2.35. The molecule has 0 aliphatic heterocycles. The lowest BCUT2D eigenvalue weighted by atomic mass is 10.2. The minimum atomic E-state index is -0.749. The summed E-state index contributed by atoms with van der Waals surface area (Å²) < 4.78 is 15.8. The third kappa shape index (κ3) is 5.72. The summed E-state index contributed by atoms with van der Waals surface area (Å²) in [7, 11) is 0. The van der Waals surface area contributed by atoms with Crippen LogP contribution in [0.3, 0.4) is 0 Å². The molecule has 0 unspecified atom stereocenters. The Morgan fingerprint density at radius 1 is 1.14 bits per heavy atom. The van der Waals surface area contributed by atoms with Gasteiger partial charge in [0.1, 0.15) is 0 Å². The summed E-state index contributed by atoms with van der Waals surface area (Å²) >= 11 is 12.3. The largest absolute Gasteiger partial charge is 0.461 e. The molecular formula is C15H23Cl2NO4. The number of ether oxygens (including phenoxy) is 3. The normalized spacial score (nSPS) is 10.2. The molecule has 0 saturated heterocycles. The Morgan fingerprint density at radius 2 is 1.68 bits per heavy atom.